The van der Waals surface area contributed by atoms with E-state index in [4.69, 9.17) is 4.74 Å². The topological polar surface area (TPSA) is 12.5 Å². The van der Waals surface area contributed by atoms with Crippen molar-refractivity contribution in [3.63, 3.8) is 0 Å². The number of ether oxygens (including phenoxy) is 1. The summed E-state index contributed by atoms with van der Waals surface area (Å²) in [4.78, 5) is 2.13. The van der Waals surface area contributed by atoms with Gasteiger partial charge < -0.3 is 9.64 Å². The summed E-state index contributed by atoms with van der Waals surface area (Å²) < 4.78 is 18.8. The molecule has 2 atom stereocenters. The highest BCUT2D eigenvalue weighted by molar-refractivity contribution is 5.00. The highest BCUT2D eigenvalue weighted by atomic mass is 19.1. The van der Waals surface area contributed by atoms with Gasteiger partial charge in [-0.25, -0.2) is 4.39 Å². The zero-order valence-corrected chi connectivity index (χ0v) is 8.16. The fourth-order valence-corrected chi connectivity index (χ4v) is 2.09. The van der Waals surface area contributed by atoms with E-state index in [9.17, 15) is 4.39 Å². The van der Waals surface area contributed by atoms with Crippen molar-refractivity contribution in [1.82, 2.24) is 4.90 Å². The molecule has 0 spiro atoms. The van der Waals surface area contributed by atoms with Gasteiger partial charge in [0.05, 0.1) is 12.6 Å². The Balaban J connectivity index is 2.18. The molecule has 2 rings (SSSR count). The summed E-state index contributed by atoms with van der Waals surface area (Å²) in [7, 11) is 0. The number of hydrogen-bond donors (Lipinski definition) is 0. The molecule has 0 N–H and O–H groups in total. The van der Waals surface area contributed by atoms with Gasteiger partial charge in [0.1, 0.15) is 11.9 Å². The largest absolute Gasteiger partial charge is 0.354 e. The molecular weight excluding hydrogens is 169 g/mol. The fraction of sp³-hybridized carbons (Fsp3) is 0.800. The maximum Gasteiger partial charge on any atom is 0.135 e. The first kappa shape index (κ1) is 9.00. The molecule has 3 heteroatoms. The standard InChI is InChI=1S/C10H16FNO/c1-10(2)12-5-3-4-8(11)6-9(12)7-13-10/h3,5,8-9H,4,6-7H2,1-2H3/t8?,9-/m1/s1. The molecule has 2 aliphatic rings. The molecule has 1 unspecified atom stereocenters. The van der Waals surface area contributed by atoms with E-state index in [0.29, 0.717) is 19.4 Å². The molecule has 1 saturated heterocycles. The second-order valence-corrected chi connectivity index (χ2v) is 4.27. The van der Waals surface area contributed by atoms with Gasteiger partial charge in [0, 0.05) is 6.42 Å². The molecule has 0 aromatic rings. The highest BCUT2D eigenvalue weighted by Crippen LogP contribution is 2.32. The van der Waals surface area contributed by atoms with Crippen LogP contribution in [0.1, 0.15) is 26.7 Å². The van der Waals surface area contributed by atoms with Gasteiger partial charge in [0.2, 0.25) is 0 Å². The molecule has 0 amide bonds. The summed E-state index contributed by atoms with van der Waals surface area (Å²) in [5.74, 6) is 0. The minimum Gasteiger partial charge on any atom is -0.354 e. The van der Waals surface area contributed by atoms with Crippen LogP contribution in [0.5, 0.6) is 0 Å². The van der Waals surface area contributed by atoms with Crippen molar-refractivity contribution in [2.45, 2.75) is 44.6 Å². The van der Waals surface area contributed by atoms with Crippen LogP contribution in [0, 0.1) is 0 Å². The lowest BCUT2D eigenvalue weighted by molar-refractivity contribution is -0.0315. The molecule has 2 nitrogen and oxygen atoms in total. The average Bonchev–Trinajstić information content (AvgIpc) is 2.26. The number of allylic oxidation sites excluding steroid dienone is 1. The maximum atomic E-state index is 13.2. The predicted octanol–water partition coefficient (Wildman–Crippen LogP) is 2.07. The molecule has 1 fully saturated rings. The zero-order valence-electron chi connectivity index (χ0n) is 8.16. The summed E-state index contributed by atoms with van der Waals surface area (Å²) in [6.45, 7) is 4.70. The van der Waals surface area contributed by atoms with Crippen LogP contribution < -0.4 is 0 Å². The summed E-state index contributed by atoms with van der Waals surface area (Å²) in [6, 6.07) is 0.226. The van der Waals surface area contributed by atoms with E-state index in [0.717, 1.165) is 0 Å². The van der Waals surface area contributed by atoms with Crippen molar-refractivity contribution < 1.29 is 9.13 Å². The zero-order chi connectivity index (χ0) is 9.47. The smallest absolute Gasteiger partial charge is 0.135 e. The van der Waals surface area contributed by atoms with Crippen molar-refractivity contribution in [1.29, 1.82) is 0 Å². The van der Waals surface area contributed by atoms with E-state index < -0.39 is 6.17 Å². The van der Waals surface area contributed by atoms with E-state index in [2.05, 4.69) is 4.90 Å². The molecule has 0 aromatic heterocycles. The van der Waals surface area contributed by atoms with E-state index >= 15 is 0 Å². The SMILES string of the molecule is CC1(C)OC[C@H]2CC(F)CC=CN21. The Bertz CT molecular complexity index is 227. The third-order valence-corrected chi connectivity index (χ3v) is 2.83. The minimum absolute atomic E-state index is 0.226. The molecule has 0 bridgehead atoms. The molecule has 74 valence electrons. The van der Waals surface area contributed by atoms with E-state index in [1.165, 1.54) is 0 Å². The number of fused-ring (bicyclic) bond motifs is 1. The predicted molar refractivity (Wildman–Crippen MR) is 48.9 cm³/mol. The molecule has 0 aliphatic carbocycles. The Morgan fingerprint density at radius 3 is 3.08 bits per heavy atom. The van der Waals surface area contributed by atoms with E-state index in [1.807, 2.05) is 26.1 Å². The van der Waals surface area contributed by atoms with Gasteiger partial charge in [-0.3, -0.25) is 0 Å². The number of rotatable bonds is 0. The molecule has 0 aromatic carbocycles. The Morgan fingerprint density at radius 2 is 2.31 bits per heavy atom. The van der Waals surface area contributed by atoms with Crippen LogP contribution in [0.2, 0.25) is 0 Å². The first-order valence-electron chi connectivity index (χ1n) is 4.83. The van der Waals surface area contributed by atoms with Crippen LogP contribution in [0.3, 0.4) is 0 Å². The minimum atomic E-state index is -0.705. The van der Waals surface area contributed by atoms with Crippen molar-refractivity contribution in [2.24, 2.45) is 0 Å². The molecular formula is C10H16FNO. The number of alkyl halides is 1. The average molecular weight is 185 g/mol. The van der Waals surface area contributed by atoms with Gasteiger partial charge in [-0.15, -0.1) is 0 Å². The molecule has 0 saturated carbocycles. The summed E-state index contributed by atoms with van der Waals surface area (Å²) in [6.07, 6.45) is 4.32. The van der Waals surface area contributed by atoms with Gasteiger partial charge in [0.25, 0.3) is 0 Å². The first-order chi connectivity index (χ1) is 6.09. The Kier molecular flexibility index (Phi) is 2.06. The lowest BCUT2D eigenvalue weighted by Gasteiger charge is -2.31. The Morgan fingerprint density at radius 1 is 1.54 bits per heavy atom. The lowest BCUT2D eigenvalue weighted by atomic mass is 10.1. The second-order valence-electron chi connectivity index (χ2n) is 4.27. The van der Waals surface area contributed by atoms with Crippen LogP contribution in [-0.4, -0.2) is 29.4 Å². The van der Waals surface area contributed by atoms with Crippen LogP contribution in [-0.2, 0) is 4.74 Å². The third-order valence-electron chi connectivity index (χ3n) is 2.83. The Hall–Kier alpha value is -0.570. The summed E-state index contributed by atoms with van der Waals surface area (Å²) in [5.41, 5.74) is -0.259. The quantitative estimate of drug-likeness (QED) is 0.573. The normalized spacial score (nSPS) is 37.3. The fourth-order valence-electron chi connectivity index (χ4n) is 2.09. The lowest BCUT2D eigenvalue weighted by Crippen LogP contribution is -2.39. The van der Waals surface area contributed by atoms with Crippen LogP contribution in [0.15, 0.2) is 12.3 Å². The van der Waals surface area contributed by atoms with Crippen molar-refractivity contribution in [3.8, 4) is 0 Å². The number of nitrogens with zero attached hydrogens (tertiary/aromatic N) is 1. The van der Waals surface area contributed by atoms with Crippen molar-refractivity contribution in [2.75, 3.05) is 6.61 Å². The molecule has 0 radical (unpaired) electrons. The van der Waals surface area contributed by atoms with E-state index in [-0.39, 0.29) is 11.8 Å². The van der Waals surface area contributed by atoms with Gasteiger partial charge >= 0.3 is 0 Å². The second kappa shape index (κ2) is 2.98. The van der Waals surface area contributed by atoms with Crippen molar-refractivity contribution >= 4 is 0 Å². The highest BCUT2D eigenvalue weighted by Gasteiger charge is 2.40. The molecule has 2 heterocycles. The van der Waals surface area contributed by atoms with E-state index in [1.54, 1.807) is 0 Å². The van der Waals surface area contributed by atoms with Crippen LogP contribution >= 0.6 is 0 Å². The molecule has 2 aliphatic heterocycles. The molecule has 13 heavy (non-hydrogen) atoms. The first-order valence-corrected chi connectivity index (χ1v) is 4.83. The number of hydrogen-bond acceptors (Lipinski definition) is 2. The van der Waals surface area contributed by atoms with Gasteiger partial charge in [-0.1, -0.05) is 6.08 Å². The van der Waals surface area contributed by atoms with Crippen molar-refractivity contribution in [3.05, 3.63) is 12.3 Å². The van der Waals surface area contributed by atoms with Gasteiger partial charge in [0.15, 0.2) is 0 Å². The number of halogens is 1. The Labute approximate surface area is 78.4 Å². The van der Waals surface area contributed by atoms with Gasteiger partial charge in [-0.2, -0.15) is 0 Å². The maximum absolute atomic E-state index is 13.2. The monoisotopic (exact) mass is 185 g/mol. The van der Waals surface area contributed by atoms with Crippen LogP contribution in [0.4, 0.5) is 4.39 Å². The van der Waals surface area contributed by atoms with Gasteiger partial charge in [-0.05, 0) is 26.5 Å². The summed E-state index contributed by atoms with van der Waals surface area (Å²) >= 11 is 0. The third kappa shape index (κ3) is 1.57. The van der Waals surface area contributed by atoms with Crippen LogP contribution in [0.25, 0.3) is 0 Å². The summed E-state index contributed by atoms with van der Waals surface area (Å²) in [5, 5.41) is 0.